The summed E-state index contributed by atoms with van der Waals surface area (Å²) in [5, 5.41) is 9.51. The fraction of sp³-hybridized carbons (Fsp3) is 0.167. The number of allylic oxidation sites excluding steroid dienone is 1. The van der Waals surface area contributed by atoms with Crippen LogP contribution in [0.25, 0.3) is 16.3 Å². The van der Waals surface area contributed by atoms with Crippen molar-refractivity contribution in [1.82, 2.24) is 4.98 Å². The number of nitriles is 1. The molecule has 3 nitrogen and oxygen atoms in total. The van der Waals surface area contributed by atoms with Gasteiger partial charge in [-0.3, -0.25) is 0 Å². The maximum Gasteiger partial charge on any atom is 0.126 e. The Hall–Kier alpha value is -1.86. The van der Waals surface area contributed by atoms with E-state index < -0.39 is 0 Å². The van der Waals surface area contributed by atoms with Crippen molar-refractivity contribution < 1.29 is 0 Å². The van der Waals surface area contributed by atoms with Gasteiger partial charge in [0.1, 0.15) is 4.83 Å². The molecular formula is C12H11N3S. The van der Waals surface area contributed by atoms with E-state index in [2.05, 4.69) is 4.98 Å². The zero-order valence-corrected chi connectivity index (χ0v) is 9.93. The lowest BCUT2D eigenvalue weighted by molar-refractivity contribution is 1.25. The zero-order valence-electron chi connectivity index (χ0n) is 9.11. The van der Waals surface area contributed by atoms with Crippen molar-refractivity contribution in [2.75, 3.05) is 5.73 Å². The Balaban J connectivity index is 2.74. The maximum absolute atomic E-state index is 8.50. The average Bonchev–Trinajstić information content (AvgIpc) is 2.52. The van der Waals surface area contributed by atoms with Gasteiger partial charge in [-0.05, 0) is 31.6 Å². The zero-order chi connectivity index (χ0) is 11.7. The van der Waals surface area contributed by atoms with Crippen molar-refractivity contribution in [2.45, 2.75) is 13.8 Å². The molecule has 2 rings (SSSR count). The number of nitrogen functional groups attached to an aromatic ring is 1. The Morgan fingerprint density at radius 2 is 2.25 bits per heavy atom. The molecule has 0 fully saturated rings. The van der Waals surface area contributed by atoms with Crippen LogP contribution >= 0.6 is 11.3 Å². The molecule has 0 radical (unpaired) electrons. The maximum atomic E-state index is 8.50. The highest BCUT2D eigenvalue weighted by atomic mass is 32.1. The molecule has 0 amide bonds. The van der Waals surface area contributed by atoms with Gasteiger partial charge in [0.25, 0.3) is 0 Å². The molecule has 0 unspecified atom stereocenters. The molecule has 0 saturated heterocycles. The minimum absolute atomic E-state index is 0.719. The summed E-state index contributed by atoms with van der Waals surface area (Å²) in [6.45, 7) is 3.99. The van der Waals surface area contributed by atoms with Gasteiger partial charge in [-0.25, -0.2) is 4.98 Å². The number of aryl methyl sites for hydroxylation is 2. The highest BCUT2D eigenvalue weighted by molar-refractivity contribution is 7.20. The topological polar surface area (TPSA) is 62.7 Å². The third-order valence-corrected chi connectivity index (χ3v) is 3.43. The van der Waals surface area contributed by atoms with Crippen LogP contribution in [0.5, 0.6) is 0 Å². The number of anilines is 1. The number of rotatable bonds is 1. The predicted octanol–water partition coefficient (Wildman–Crippen LogP) is 3.03. The molecule has 0 saturated carbocycles. The molecule has 2 aromatic heterocycles. The fourth-order valence-corrected chi connectivity index (χ4v) is 2.84. The number of pyridine rings is 1. The van der Waals surface area contributed by atoms with E-state index in [9.17, 15) is 0 Å². The van der Waals surface area contributed by atoms with Crippen molar-refractivity contribution in [3.8, 4) is 6.07 Å². The van der Waals surface area contributed by atoms with E-state index in [4.69, 9.17) is 11.0 Å². The van der Waals surface area contributed by atoms with Crippen molar-refractivity contribution in [3.05, 3.63) is 28.3 Å². The smallest absolute Gasteiger partial charge is 0.126 e. The Bertz CT molecular complexity index is 617. The summed E-state index contributed by atoms with van der Waals surface area (Å²) in [5.74, 6) is 0. The Morgan fingerprint density at radius 1 is 1.50 bits per heavy atom. The Labute approximate surface area is 97.8 Å². The first-order valence-corrected chi connectivity index (χ1v) is 5.67. The largest absolute Gasteiger partial charge is 0.397 e. The van der Waals surface area contributed by atoms with Crippen LogP contribution in [0.2, 0.25) is 0 Å². The summed E-state index contributed by atoms with van der Waals surface area (Å²) < 4.78 is 0. The van der Waals surface area contributed by atoms with Gasteiger partial charge in [0.2, 0.25) is 0 Å². The molecule has 2 N–H and O–H groups in total. The predicted molar refractivity (Wildman–Crippen MR) is 68.2 cm³/mol. The average molecular weight is 229 g/mol. The van der Waals surface area contributed by atoms with Crippen LogP contribution < -0.4 is 5.73 Å². The second-order valence-electron chi connectivity index (χ2n) is 3.60. The third kappa shape index (κ3) is 1.66. The van der Waals surface area contributed by atoms with Crippen LogP contribution in [0, 0.1) is 25.2 Å². The van der Waals surface area contributed by atoms with Gasteiger partial charge >= 0.3 is 0 Å². The molecule has 0 spiro atoms. The van der Waals surface area contributed by atoms with Gasteiger partial charge in [-0.2, -0.15) is 5.26 Å². The number of thiophene rings is 1. The first kappa shape index (κ1) is 10.7. The summed E-state index contributed by atoms with van der Waals surface area (Å²) in [7, 11) is 0. The molecule has 0 aromatic carbocycles. The van der Waals surface area contributed by atoms with Crippen LogP contribution in [0.1, 0.15) is 16.1 Å². The number of nitrogens with zero attached hydrogens (tertiary/aromatic N) is 2. The fourth-order valence-electron chi connectivity index (χ4n) is 1.72. The van der Waals surface area contributed by atoms with Crippen LogP contribution in [0.3, 0.4) is 0 Å². The molecule has 2 heterocycles. The van der Waals surface area contributed by atoms with E-state index in [0.717, 1.165) is 32.0 Å². The summed E-state index contributed by atoms with van der Waals surface area (Å²) in [6.07, 6.45) is 3.17. The molecule has 16 heavy (non-hydrogen) atoms. The number of hydrogen-bond acceptors (Lipinski definition) is 4. The number of aromatic nitrogens is 1. The van der Waals surface area contributed by atoms with Gasteiger partial charge in [0.15, 0.2) is 0 Å². The summed E-state index contributed by atoms with van der Waals surface area (Å²) >= 11 is 1.52. The molecule has 0 aliphatic carbocycles. The van der Waals surface area contributed by atoms with Gasteiger partial charge in [-0.1, -0.05) is 0 Å². The number of nitrogens with two attached hydrogens (primary N) is 1. The first-order valence-electron chi connectivity index (χ1n) is 4.86. The molecular weight excluding hydrogens is 218 g/mol. The van der Waals surface area contributed by atoms with Gasteiger partial charge in [-0.15, -0.1) is 11.3 Å². The second-order valence-corrected chi connectivity index (χ2v) is 4.63. The third-order valence-electron chi connectivity index (χ3n) is 2.36. The molecule has 0 aliphatic heterocycles. The number of fused-ring (bicyclic) bond motifs is 1. The molecule has 0 bridgehead atoms. The minimum atomic E-state index is 0.719. The lowest BCUT2D eigenvalue weighted by atomic mass is 10.1. The van der Waals surface area contributed by atoms with Crippen molar-refractivity contribution in [2.24, 2.45) is 0 Å². The summed E-state index contributed by atoms with van der Waals surface area (Å²) in [4.78, 5) is 6.29. The number of hydrogen-bond donors (Lipinski definition) is 1. The quantitative estimate of drug-likeness (QED) is 0.764. The summed E-state index contributed by atoms with van der Waals surface area (Å²) in [5.41, 5.74) is 8.88. The van der Waals surface area contributed by atoms with Crippen LogP contribution in [-0.2, 0) is 0 Å². The van der Waals surface area contributed by atoms with Crippen LogP contribution in [-0.4, -0.2) is 4.98 Å². The van der Waals surface area contributed by atoms with Gasteiger partial charge in [0.05, 0.1) is 16.6 Å². The molecule has 80 valence electrons. The van der Waals surface area contributed by atoms with Crippen molar-refractivity contribution in [3.63, 3.8) is 0 Å². The molecule has 2 aromatic rings. The van der Waals surface area contributed by atoms with Crippen LogP contribution in [0.4, 0.5) is 5.69 Å². The lowest BCUT2D eigenvalue weighted by Crippen LogP contribution is -1.88. The highest BCUT2D eigenvalue weighted by Gasteiger charge is 2.11. The normalized spacial score (nSPS) is 11.1. The van der Waals surface area contributed by atoms with Gasteiger partial charge in [0, 0.05) is 17.2 Å². The Morgan fingerprint density at radius 3 is 2.94 bits per heavy atom. The standard InChI is InChI=1S/C12H11N3S/c1-7-6-8(2)15-12-10(7)11(14)9(16-12)4-3-5-13/h3-4,6H,14H2,1-2H3/b4-3+. The SMILES string of the molecule is Cc1cc(C)c2c(N)c(/C=C/C#N)sc2n1. The monoisotopic (exact) mass is 229 g/mol. The minimum Gasteiger partial charge on any atom is -0.397 e. The van der Waals surface area contributed by atoms with E-state index in [1.54, 1.807) is 6.08 Å². The van der Waals surface area contributed by atoms with Crippen molar-refractivity contribution >= 4 is 33.3 Å². The van der Waals surface area contributed by atoms with E-state index >= 15 is 0 Å². The van der Waals surface area contributed by atoms with E-state index in [1.165, 1.54) is 17.4 Å². The summed E-state index contributed by atoms with van der Waals surface area (Å²) in [6, 6.07) is 3.98. The van der Waals surface area contributed by atoms with E-state index in [1.807, 2.05) is 26.0 Å². The van der Waals surface area contributed by atoms with E-state index in [0.29, 0.717) is 0 Å². The van der Waals surface area contributed by atoms with Crippen molar-refractivity contribution in [1.29, 1.82) is 5.26 Å². The first-order chi connectivity index (χ1) is 7.63. The highest BCUT2D eigenvalue weighted by Crippen LogP contribution is 2.35. The van der Waals surface area contributed by atoms with Gasteiger partial charge < -0.3 is 5.73 Å². The molecule has 0 aliphatic rings. The molecule has 4 heteroatoms. The molecule has 0 atom stereocenters. The van der Waals surface area contributed by atoms with Crippen LogP contribution in [0.15, 0.2) is 12.1 Å². The Kier molecular flexibility index (Phi) is 2.63. The van der Waals surface area contributed by atoms with E-state index in [-0.39, 0.29) is 0 Å². The lowest BCUT2D eigenvalue weighted by Gasteiger charge is -1.99. The second kappa shape index (κ2) is 3.95.